The summed E-state index contributed by atoms with van der Waals surface area (Å²) in [7, 11) is 0. The van der Waals surface area contributed by atoms with Gasteiger partial charge in [0.2, 0.25) is 5.91 Å². The molecular weight excluding hydrogens is 320 g/mol. The van der Waals surface area contributed by atoms with Crippen LogP contribution < -0.4 is 14.8 Å². The standard InChI is InChI=1S/C19H16N2O4/c1-9(22)16-17-12-8-10(2-4-13(12)25-18(16)17)24-14-6-7-20-19-11(14)3-5-15(23)21-19/h2,4,6-8,16-18H,3,5H2,1H3,(H,20,21,23). The molecule has 2 aliphatic heterocycles. The van der Waals surface area contributed by atoms with E-state index >= 15 is 0 Å². The fourth-order valence-electron chi connectivity index (χ4n) is 3.87. The van der Waals surface area contributed by atoms with Gasteiger partial charge in [0.05, 0.1) is 5.92 Å². The lowest BCUT2D eigenvalue weighted by Crippen LogP contribution is -2.20. The van der Waals surface area contributed by atoms with Crippen molar-refractivity contribution in [1.29, 1.82) is 0 Å². The van der Waals surface area contributed by atoms with E-state index in [9.17, 15) is 9.59 Å². The van der Waals surface area contributed by atoms with Crippen molar-refractivity contribution in [2.45, 2.75) is 31.8 Å². The first-order valence-corrected chi connectivity index (χ1v) is 8.38. The molecule has 0 saturated heterocycles. The summed E-state index contributed by atoms with van der Waals surface area (Å²) in [6.45, 7) is 1.61. The summed E-state index contributed by atoms with van der Waals surface area (Å²) in [5.41, 5.74) is 1.95. The molecule has 3 unspecified atom stereocenters. The van der Waals surface area contributed by atoms with E-state index < -0.39 is 0 Å². The highest BCUT2D eigenvalue weighted by atomic mass is 16.5. The predicted octanol–water partition coefficient (Wildman–Crippen LogP) is 2.82. The van der Waals surface area contributed by atoms with Crippen LogP contribution in [0, 0.1) is 5.92 Å². The molecule has 5 rings (SSSR count). The third-order valence-corrected chi connectivity index (χ3v) is 5.13. The first kappa shape index (κ1) is 14.5. The minimum absolute atomic E-state index is 0.00773. The lowest BCUT2D eigenvalue weighted by molar-refractivity contribution is -0.119. The molecule has 0 spiro atoms. The van der Waals surface area contributed by atoms with Crippen LogP contribution in [0.1, 0.15) is 30.4 Å². The quantitative estimate of drug-likeness (QED) is 0.932. The number of hydrogen-bond acceptors (Lipinski definition) is 5. The Bertz CT molecular complexity index is 924. The maximum Gasteiger partial charge on any atom is 0.225 e. The van der Waals surface area contributed by atoms with Crippen LogP contribution in [-0.2, 0) is 16.0 Å². The van der Waals surface area contributed by atoms with Gasteiger partial charge in [-0.2, -0.15) is 0 Å². The largest absolute Gasteiger partial charge is 0.489 e. The fourth-order valence-corrected chi connectivity index (χ4v) is 3.87. The zero-order valence-electron chi connectivity index (χ0n) is 13.6. The molecule has 3 aliphatic rings. The average molecular weight is 336 g/mol. The smallest absolute Gasteiger partial charge is 0.225 e. The molecule has 1 aliphatic carbocycles. The highest BCUT2D eigenvalue weighted by molar-refractivity contribution is 5.93. The second kappa shape index (κ2) is 5.05. The first-order valence-electron chi connectivity index (χ1n) is 8.38. The zero-order chi connectivity index (χ0) is 17.1. The van der Waals surface area contributed by atoms with E-state index in [0.29, 0.717) is 30.2 Å². The Morgan fingerprint density at radius 2 is 2.20 bits per heavy atom. The Morgan fingerprint density at radius 3 is 3.04 bits per heavy atom. The first-order chi connectivity index (χ1) is 12.1. The summed E-state index contributed by atoms with van der Waals surface area (Å²) in [5.74, 6) is 3.07. The van der Waals surface area contributed by atoms with E-state index in [1.165, 1.54) is 0 Å². The summed E-state index contributed by atoms with van der Waals surface area (Å²) in [5, 5.41) is 2.77. The normalized spacial score (nSPS) is 25.2. The Hall–Kier alpha value is -2.89. The lowest BCUT2D eigenvalue weighted by atomic mass is 10.1. The average Bonchev–Trinajstić information content (AvgIpc) is 3.19. The molecule has 0 bridgehead atoms. The van der Waals surface area contributed by atoms with Crippen LogP contribution in [0.2, 0.25) is 0 Å². The molecule has 1 aromatic heterocycles. The van der Waals surface area contributed by atoms with Crippen LogP contribution in [0.5, 0.6) is 17.2 Å². The number of carbonyl (C=O) groups excluding carboxylic acids is 2. The van der Waals surface area contributed by atoms with Crippen LogP contribution >= 0.6 is 0 Å². The maximum absolute atomic E-state index is 11.6. The van der Waals surface area contributed by atoms with Crippen molar-refractivity contribution in [3.63, 3.8) is 0 Å². The molecule has 6 nitrogen and oxygen atoms in total. The third-order valence-electron chi connectivity index (χ3n) is 5.13. The minimum Gasteiger partial charge on any atom is -0.489 e. The van der Waals surface area contributed by atoms with E-state index in [0.717, 1.165) is 16.9 Å². The predicted molar refractivity (Wildman–Crippen MR) is 89.0 cm³/mol. The second-order valence-electron chi connectivity index (χ2n) is 6.73. The molecule has 25 heavy (non-hydrogen) atoms. The van der Waals surface area contributed by atoms with E-state index in [-0.39, 0.29) is 29.6 Å². The summed E-state index contributed by atoms with van der Waals surface area (Å²) in [6.07, 6.45) is 2.65. The Balaban J connectivity index is 1.44. The number of aromatic nitrogens is 1. The zero-order valence-corrected chi connectivity index (χ0v) is 13.6. The Kier molecular flexibility index (Phi) is 2.92. The molecule has 1 amide bonds. The minimum atomic E-state index is -0.0260. The van der Waals surface area contributed by atoms with Gasteiger partial charge in [0.15, 0.2) is 0 Å². The van der Waals surface area contributed by atoms with Crippen LogP contribution in [0.3, 0.4) is 0 Å². The SMILES string of the molecule is CC(=O)C1C2Oc3ccc(Oc4ccnc5c4CCC(=O)N5)cc3C21. The molecule has 3 heterocycles. The van der Waals surface area contributed by atoms with Crippen LogP contribution in [-0.4, -0.2) is 22.8 Å². The number of ether oxygens (including phenoxy) is 2. The van der Waals surface area contributed by atoms with Crippen molar-refractivity contribution in [2.24, 2.45) is 5.92 Å². The van der Waals surface area contributed by atoms with Crippen molar-refractivity contribution in [3.05, 3.63) is 41.6 Å². The van der Waals surface area contributed by atoms with Crippen LogP contribution in [0.15, 0.2) is 30.5 Å². The highest BCUT2D eigenvalue weighted by Gasteiger charge is 2.61. The number of carbonyl (C=O) groups is 2. The number of ketones is 1. The van der Waals surface area contributed by atoms with Gasteiger partial charge in [-0.3, -0.25) is 9.59 Å². The second-order valence-corrected chi connectivity index (χ2v) is 6.73. The molecule has 6 heteroatoms. The molecule has 1 saturated carbocycles. The summed E-state index contributed by atoms with van der Waals surface area (Å²) in [4.78, 5) is 27.4. The van der Waals surface area contributed by atoms with E-state index in [2.05, 4.69) is 10.3 Å². The van der Waals surface area contributed by atoms with Gasteiger partial charge in [0, 0.05) is 29.7 Å². The number of Topliss-reactive ketones (excluding diaryl/α,β-unsaturated/α-hetero) is 1. The van der Waals surface area contributed by atoms with Crippen molar-refractivity contribution < 1.29 is 19.1 Å². The van der Waals surface area contributed by atoms with Gasteiger partial charge < -0.3 is 14.8 Å². The van der Waals surface area contributed by atoms with Gasteiger partial charge in [-0.1, -0.05) is 0 Å². The number of nitrogens with one attached hydrogen (secondary N) is 1. The Morgan fingerprint density at radius 1 is 1.32 bits per heavy atom. The lowest BCUT2D eigenvalue weighted by Gasteiger charge is -2.19. The number of pyridine rings is 1. The Labute approximate surface area is 144 Å². The van der Waals surface area contributed by atoms with E-state index in [1.54, 1.807) is 19.2 Å². The summed E-state index contributed by atoms with van der Waals surface area (Å²) in [6, 6.07) is 7.51. The number of hydrogen-bond donors (Lipinski definition) is 1. The number of rotatable bonds is 3. The number of anilines is 1. The summed E-state index contributed by atoms with van der Waals surface area (Å²) < 4.78 is 11.9. The van der Waals surface area contributed by atoms with Gasteiger partial charge in [0.25, 0.3) is 0 Å². The van der Waals surface area contributed by atoms with Gasteiger partial charge in [0.1, 0.15) is 35.0 Å². The molecule has 3 atom stereocenters. The summed E-state index contributed by atoms with van der Waals surface area (Å²) >= 11 is 0. The molecule has 1 N–H and O–H groups in total. The van der Waals surface area contributed by atoms with E-state index in [4.69, 9.17) is 9.47 Å². The highest BCUT2D eigenvalue weighted by Crippen LogP contribution is 2.59. The number of nitrogens with zero attached hydrogens (tertiary/aromatic N) is 1. The maximum atomic E-state index is 11.6. The van der Waals surface area contributed by atoms with Crippen molar-refractivity contribution in [1.82, 2.24) is 4.98 Å². The van der Waals surface area contributed by atoms with Gasteiger partial charge >= 0.3 is 0 Å². The van der Waals surface area contributed by atoms with Gasteiger partial charge in [-0.25, -0.2) is 4.98 Å². The van der Waals surface area contributed by atoms with E-state index in [1.807, 2.05) is 18.2 Å². The molecule has 1 aromatic carbocycles. The number of fused-ring (bicyclic) bond motifs is 4. The molecular formula is C19H16N2O4. The van der Waals surface area contributed by atoms with Crippen molar-refractivity contribution >= 4 is 17.5 Å². The molecule has 2 aromatic rings. The molecule has 0 radical (unpaired) electrons. The van der Waals surface area contributed by atoms with Gasteiger partial charge in [-0.05, 0) is 37.6 Å². The van der Waals surface area contributed by atoms with Crippen LogP contribution in [0.4, 0.5) is 5.82 Å². The topological polar surface area (TPSA) is 77.5 Å². The van der Waals surface area contributed by atoms with Gasteiger partial charge in [-0.15, -0.1) is 0 Å². The van der Waals surface area contributed by atoms with Crippen molar-refractivity contribution in [2.75, 3.05) is 5.32 Å². The number of benzene rings is 1. The molecule has 126 valence electrons. The monoisotopic (exact) mass is 336 g/mol. The third kappa shape index (κ3) is 2.21. The fraction of sp³-hybridized carbons (Fsp3) is 0.316. The van der Waals surface area contributed by atoms with Crippen LogP contribution in [0.25, 0.3) is 0 Å². The molecule has 1 fully saturated rings. The number of amides is 1. The van der Waals surface area contributed by atoms with Crippen molar-refractivity contribution in [3.8, 4) is 17.2 Å².